The van der Waals surface area contributed by atoms with E-state index in [1.807, 2.05) is 29.9 Å². The Morgan fingerprint density at radius 3 is 2.97 bits per heavy atom. The number of thiazole rings is 1. The van der Waals surface area contributed by atoms with E-state index >= 15 is 0 Å². The first-order chi connectivity index (χ1) is 14.3. The molecule has 1 N–H and O–H groups in total. The number of anilines is 2. The van der Waals surface area contributed by atoms with Gasteiger partial charge in [-0.2, -0.15) is 0 Å². The smallest absolute Gasteiger partial charge is 0.229 e. The first kappa shape index (κ1) is 18.1. The van der Waals surface area contributed by atoms with Gasteiger partial charge in [-0.25, -0.2) is 15.0 Å². The fraction of sp³-hybridized carbons (Fsp3) is 0.273. The number of likely N-dealkylation sites (tertiary alicyclic amines) is 1. The van der Waals surface area contributed by atoms with Crippen LogP contribution in [0.5, 0.6) is 0 Å². The number of aromatic nitrogens is 4. The van der Waals surface area contributed by atoms with Gasteiger partial charge in [0.25, 0.3) is 0 Å². The minimum Gasteiger partial charge on any atom is -0.300 e. The quantitative estimate of drug-likeness (QED) is 0.509. The topological polar surface area (TPSA) is 66.8 Å². The van der Waals surface area contributed by atoms with Crippen LogP contribution in [-0.2, 0) is 6.54 Å². The molecule has 0 radical (unpaired) electrons. The van der Waals surface area contributed by atoms with Gasteiger partial charge in [-0.1, -0.05) is 18.6 Å². The summed E-state index contributed by atoms with van der Waals surface area (Å²) < 4.78 is 0. The number of rotatable bonds is 5. The Bertz CT molecular complexity index is 1100. The molecule has 1 fully saturated rings. The number of nitrogens with one attached hydrogen (secondary N) is 1. The molecular formula is C22H22N6S. The lowest BCUT2D eigenvalue weighted by atomic mass is 9.98. The van der Waals surface area contributed by atoms with E-state index in [2.05, 4.69) is 49.4 Å². The summed E-state index contributed by atoms with van der Waals surface area (Å²) in [5.41, 5.74) is 3.42. The molecule has 4 aromatic rings. The molecule has 0 saturated carbocycles. The van der Waals surface area contributed by atoms with Crippen molar-refractivity contribution in [1.82, 2.24) is 24.8 Å². The maximum absolute atomic E-state index is 4.81. The van der Waals surface area contributed by atoms with Crippen LogP contribution in [0.15, 0.2) is 60.4 Å². The van der Waals surface area contributed by atoms with E-state index in [-0.39, 0.29) is 0 Å². The van der Waals surface area contributed by atoms with E-state index in [1.54, 1.807) is 17.5 Å². The summed E-state index contributed by atoms with van der Waals surface area (Å²) in [6.45, 7) is 1.99. The van der Waals surface area contributed by atoms with Crippen LogP contribution in [0.1, 0.15) is 36.6 Å². The van der Waals surface area contributed by atoms with E-state index in [1.165, 1.54) is 23.8 Å². The second-order valence-corrected chi connectivity index (χ2v) is 8.17. The van der Waals surface area contributed by atoms with Crippen molar-refractivity contribution in [2.24, 2.45) is 0 Å². The average Bonchev–Trinajstić information content (AvgIpc) is 3.27. The standard InChI is InChI=1S/C22H22N6S/c1-2-12-28(15-16-6-7-18-17(14-16)4-3-9-23-18)20(5-1)19-8-10-24-21(26-19)27-22-25-11-13-29-22/h3-4,6-11,13-14,20H,1-2,5,12,15H2,(H,24,25,26,27)/t20-/m1/s1. The summed E-state index contributed by atoms with van der Waals surface area (Å²) in [4.78, 5) is 20.4. The SMILES string of the molecule is c1cnc2ccc(CN3CCCC[C@@H]3c3ccnc(Nc4nccs4)n3)cc2c1. The predicted molar refractivity (Wildman–Crippen MR) is 116 cm³/mol. The largest absolute Gasteiger partial charge is 0.300 e. The van der Waals surface area contributed by atoms with Gasteiger partial charge in [-0.15, -0.1) is 11.3 Å². The summed E-state index contributed by atoms with van der Waals surface area (Å²) >= 11 is 1.54. The fourth-order valence-electron chi connectivity index (χ4n) is 3.97. The minimum atomic E-state index is 0.299. The number of nitrogens with zero attached hydrogens (tertiary/aromatic N) is 5. The Labute approximate surface area is 173 Å². The zero-order chi connectivity index (χ0) is 19.5. The van der Waals surface area contributed by atoms with Crippen LogP contribution in [0.4, 0.5) is 11.1 Å². The molecule has 5 rings (SSSR count). The maximum Gasteiger partial charge on any atom is 0.229 e. The van der Waals surface area contributed by atoms with Crippen molar-refractivity contribution in [3.63, 3.8) is 0 Å². The maximum atomic E-state index is 4.81. The van der Waals surface area contributed by atoms with Gasteiger partial charge in [-0.3, -0.25) is 9.88 Å². The molecule has 0 amide bonds. The van der Waals surface area contributed by atoms with Crippen LogP contribution in [0.25, 0.3) is 10.9 Å². The molecule has 1 aliphatic rings. The summed E-state index contributed by atoms with van der Waals surface area (Å²) in [5.74, 6) is 0.611. The van der Waals surface area contributed by atoms with Gasteiger partial charge >= 0.3 is 0 Å². The van der Waals surface area contributed by atoms with Crippen molar-refractivity contribution in [2.75, 3.05) is 11.9 Å². The summed E-state index contributed by atoms with van der Waals surface area (Å²) in [7, 11) is 0. The lowest BCUT2D eigenvalue weighted by molar-refractivity contribution is 0.137. The third-order valence-corrected chi connectivity index (χ3v) is 6.02. The molecule has 0 spiro atoms. The minimum absolute atomic E-state index is 0.299. The highest BCUT2D eigenvalue weighted by Gasteiger charge is 2.25. The Hall–Kier alpha value is -2.90. The van der Waals surface area contributed by atoms with Crippen molar-refractivity contribution in [3.05, 3.63) is 71.6 Å². The van der Waals surface area contributed by atoms with Crippen molar-refractivity contribution in [3.8, 4) is 0 Å². The van der Waals surface area contributed by atoms with Crippen molar-refractivity contribution in [1.29, 1.82) is 0 Å². The molecule has 3 aromatic heterocycles. The molecule has 4 heterocycles. The lowest BCUT2D eigenvalue weighted by Crippen LogP contribution is -2.33. The second-order valence-electron chi connectivity index (χ2n) is 7.28. The van der Waals surface area contributed by atoms with E-state index in [0.717, 1.165) is 35.9 Å². The molecule has 146 valence electrons. The summed E-state index contributed by atoms with van der Waals surface area (Å²) in [5, 5.41) is 7.15. The van der Waals surface area contributed by atoms with Gasteiger partial charge in [0.05, 0.1) is 17.3 Å². The van der Waals surface area contributed by atoms with Crippen molar-refractivity contribution < 1.29 is 0 Å². The third-order valence-electron chi connectivity index (χ3n) is 5.34. The van der Waals surface area contributed by atoms with E-state index in [9.17, 15) is 0 Å². The molecular weight excluding hydrogens is 380 g/mol. The Morgan fingerprint density at radius 1 is 1.03 bits per heavy atom. The highest BCUT2D eigenvalue weighted by Crippen LogP contribution is 2.32. The van der Waals surface area contributed by atoms with Crippen LogP contribution in [0, 0.1) is 0 Å². The van der Waals surface area contributed by atoms with Gasteiger partial charge < -0.3 is 5.32 Å². The first-order valence-electron chi connectivity index (χ1n) is 9.92. The van der Waals surface area contributed by atoms with E-state index < -0.39 is 0 Å². The van der Waals surface area contributed by atoms with E-state index in [0.29, 0.717) is 12.0 Å². The average molecular weight is 403 g/mol. The number of fused-ring (bicyclic) bond motifs is 1. The molecule has 1 aromatic carbocycles. The first-order valence-corrected chi connectivity index (χ1v) is 10.8. The second kappa shape index (κ2) is 8.23. The molecule has 1 aliphatic heterocycles. The number of piperidine rings is 1. The number of benzene rings is 1. The lowest BCUT2D eigenvalue weighted by Gasteiger charge is -2.35. The molecule has 0 aliphatic carbocycles. The molecule has 1 saturated heterocycles. The zero-order valence-corrected chi connectivity index (χ0v) is 16.8. The van der Waals surface area contributed by atoms with E-state index in [4.69, 9.17) is 4.98 Å². The van der Waals surface area contributed by atoms with Gasteiger partial charge in [0.1, 0.15) is 0 Å². The number of hydrogen-bond acceptors (Lipinski definition) is 7. The molecule has 0 unspecified atom stereocenters. The molecule has 0 bridgehead atoms. The van der Waals surface area contributed by atoms with Crippen molar-refractivity contribution >= 4 is 33.3 Å². The van der Waals surface area contributed by atoms with Crippen molar-refractivity contribution in [2.45, 2.75) is 31.8 Å². The predicted octanol–water partition coefficient (Wildman–Crippen LogP) is 4.95. The monoisotopic (exact) mass is 402 g/mol. The van der Waals surface area contributed by atoms with Gasteiger partial charge in [0, 0.05) is 35.9 Å². The van der Waals surface area contributed by atoms with Crippen LogP contribution in [0.3, 0.4) is 0 Å². The zero-order valence-electron chi connectivity index (χ0n) is 16.0. The summed E-state index contributed by atoms with van der Waals surface area (Å²) in [6.07, 6.45) is 9.02. The van der Waals surface area contributed by atoms with Gasteiger partial charge in [0.2, 0.25) is 5.95 Å². The Morgan fingerprint density at radius 2 is 2.03 bits per heavy atom. The van der Waals surface area contributed by atoms with Crippen LogP contribution >= 0.6 is 11.3 Å². The Kier molecular flexibility index (Phi) is 5.15. The molecule has 29 heavy (non-hydrogen) atoms. The molecule has 1 atom stereocenters. The van der Waals surface area contributed by atoms with Crippen LogP contribution in [0.2, 0.25) is 0 Å². The number of pyridine rings is 1. The molecule has 7 heteroatoms. The van der Waals surface area contributed by atoms with Crippen LogP contribution < -0.4 is 5.32 Å². The summed E-state index contributed by atoms with van der Waals surface area (Å²) in [6, 6.07) is 13.0. The fourth-order valence-corrected chi connectivity index (χ4v) is 4.49. The normalized spacial score (nSPS) is 17.4. The third kappa shape index (κ3) is 4.11. The van der Waals surface area contributed by atoms with Gasteiger partial charge in [-0.05, 0) is 49.2 Å². The highest BCUT2D eigenvalue weighted by molar-refractivity contribution is 7.13. The Balaban J connectivity index is 1.38. The number of hydrogen-bond donors (Lipinski definition) is 1. The molecule has 6 nitrogen and oxygen atoms in total. The van der Waals surface area contributed by atoms with Crippen LogP contribution in [-0.4, -0.2) is 31.4 Å². The highest BCUT2D eigenvalue weighted by atomic mass is 32.1. The van der Waals surface area contributed by atoms with Gasteiger partial charge in [0.15, 0.2) is 5.13 Å².